The first-order chi connectivity index (χ1) is 13.0. The zero-order chi connectivity index (χ0) is 19.4. The van der Waals surface area contributed by atoms with Gasteiger partial charge in [-0.1, -0.05) is 0 Å². The molecule has 0 spiro atoms. The van der Waals surface area contributed by atoms with Crippen LogP contribution < -0.4 is 20.1 Å². The lowest BCUT2D eigenvalue weighted by Gasteiger charge is -2.19. The predicted octanol–water partition coefficient (Wildman–Crippen LogP) is 3.72. The van der Waals surface area contributed by atoms with Crippen LogP contribution in [0.5, 0.6) is 11.5 Å². The summed E-state index contributed by atoms with van der Waals surface area (Å²) in [5.41, 5.74) is 3.04. The van der Waals surface area contributed by atoms with Crippen molar-refractivity contribution in [2.75, 3.05) is 17.2 Å². The maximum atomic E-state index is 12.5. The number of nitrogens with one attached hydrogen (secondary N) is 2. The molecule has 1 amide bonds. The Balaban J connectivity index is 1.72. The van der Waals surface area contributed by atoms with E-state index >= 15 is 0 Å². The van der Waals surface area contributed by atoms with Crippen molar-refractivity contribution in [3.63, 3.8) is 0 Å². The minimum absolute atomic E-state index is 0.141. The van der Waals surface area contributed by atoms with Crippen LogP contribution in [0.4, 0.5) is 11.4 Å². The van der Waals surface area contributed by atoms with E-state index in [0.717, 1.165) is 23.4 Å². The molecule has 1 heterocycles. The molecule has 0 bridgehead atoms. The van der Waals surface area contributed by atoms with Gasteiger partial charge < -0.3 is 20.1 Å². The van der Waals surface area contributed by atoms with Crippen LogP contribution in [-0.4, -0.2) is 24.7 Å². The fourth-order valence-corrected chi connectivity index (χ4v) is 3.00. The third-order valence-electron chi connectivity index (χ3n) is 4.34. The van der Waals surface area contributed by atoms with Gasteiger partial charge in [0, 0.05) is 23.7 Å². The Morgan fingerprint density at radius 1 is 1.37 bits per heavy atom. The summed E-state index contributed by atoms with van der Waals surface area (Å²) >= 11 is 0. The number of hydrogen-bond donors (Lipinski definition) is 2. The van der Waals surface area contributed by atoms with Crippen LogP contribution in [-0.2, 0) is 11.2 Å². The molecule has 0 radical (unpaired) electrons. The van der Waals surface area contributed by atoms with E-state index in [1.54, 1.807) is 31.2 Å². The number of nitriles is 1. The van der Waals surface area contributed by atoms with E-state index in [0.29, 0.717) is 23.6 Å². The smallest absolute Gasteiger partial charge is 0.246 e. The van der Waals surface area contributed by atoms with Gasteiger partial charge in [0.2, 0.25) is 5.91 Å². The maximum Gasteiger partial charge on any atom is 0.246 e. The van der Waals surface area contributed by atoms with Crippen molar-refractivity contribution in [2.24, 2.45) is 0 Å². The third kappa shape index (κ3) is 4.32. The van der Waals surface area contributed by atoms with Crippen LogP contribution in [0.3, 0.4) is 0 Å². The first-order valence-corrected chi connectivity index (χ1v) is 9.04. The topological polar surface area (TPSA) is 83.4 Å². The number of nitrogens with zero attached hydrogens (tertiary/aromatic N) is 1. The summed E-state index contributed by atoms with van der Waals surface area (Å²) in [6, 6.07) is 12.2. The number of rotatable bonds is 6. The van der Waals surface area contributed by atoms with Crippen molar-refractivity contribution < 1.29 is 14.3 Å². The molecule has 1 aliphatic heterocycles. The lowest BCUT2D eigenvalue weighted by Crippen LogP contribution is -2.32. The van der Waals surface area contributed by atoms with Gasteiger partial charge in [-0.2, -0.15) is 5.26 Å². The van der Waals surface area contributed by atoms with Crippen LogP contribution in [0.2, 0.25) is 0 Å². The quantitative estimate of drug-likeness (QED) is 0.815. The fourth-order valence-electron chi connectivity index (χ4n) is 3.00. The Labute approximate surface area is 159 Å². The number of fused-ring (bicyclic) bond motifs is 1. The van der Waals surface area contributed by atoms with Crippen LogP contribution >= 0.6 is 0 Å². The van der Waals surface area contributed by atoms with Crippen molar-refractivity contribution in [2.45, 2.75) is 39.3 Å². The second-order valence-electron chi connectivity index (χ2n) is 6.57. The van der Waals surface area contributed by atoms with Gasteiger partial charge >= 0.3 is 0 Å². The van der Waals surface area contributed by atoms with Crippen molar-refractivity contribution >= 4 is 17.3 Å². The molecule has 6 heteroatoms. The van der Waals surface area contributed by atoms with E-state index < -0.39 is 6.04 Å². The largest absolute Gasteiger partial charge is 0.492 e. The third-order valence-corrected chi connectivity index (χ3v) is 4.34. The van der Waals surface area contributed by atoms with E-state index in [2.05, 4.69) is 16.7 Å². The first kappa shape index (κ1) is 18.6. The molecule has 27 heavy (non-hydrogen) atoms. The Hall–Kier alpha value is -3.20. The average Bonchev–Trinajstić information content (AvgIpc) is 3.01. The highest BCUT2D eigenvalue weighted by atomic mass is 16.5. The number of hydrogen-bond acceptors (Lipinski definition) is 5. The summed E-state index contributed by atoms with van der Waals surface area (Å²) in [5.74, 6) is 1.36. The minimum atomic E-state index is -0.489. The second-order valence-corrected chi connectivity index (χ2v) is 6.57. The van der Waals surface area contributed by atoms with E-state index in [-0.39, 0.29) is 12.0 Å². The van der Waals surface area contributed by atoms with Crippen molar-refractivity contribution in [3.8, 4) is 17.6 Å². The Morgan fingerprint density at radius 2 is 2.11 bits per heavy atom. The first-order valence-electron chi connectivity index (χ1n) is 9.04. The number of anilines is 2. The molecule has 2 aromatic carbocycles. The Morgan fingerprint density at radius 3 is 2.78 bits per heavy atom. The second kappa shape index (κ2) is 8.00. The Kier molecular flexibility index (Phi) is 5.51. The number of benzene rings is 2. The molecule has 2 aromatic rings. The zero-order valence-corrected chi connectivity index (χ0v) is 15.7. The van der Waals surface area contributed by atoms with Crippen LogP contribution in [0, 0.1) is 11.3 Å². The summed E-state index contributed by atoms with van der Waals surface area (Å²) < 4.78 is 11.6. The van der Waals surface area contributed by atoms with Crippen LogP contribution in [0.15, 0.2) is 36.4 Å². The standard InChI is InChI=1S/C21H23N3O3/c1-4-26-20-10-16-9-13(2)27-19(16)11-18(20)23-14(3)21(25)24-17-7-5-15(12-22)6-8-17/h5-8,10-11,13-14,23H,4,9H2,1-3H3,(H,24,25)/t13-,14-/m0/s1. The van der Waals surface area contributed by atoms with E-state index in [1.807, 2.05) is 26.0 Å². The predicted molar refractivity (Wildman–Crippen MR) is 104 cm³/mol. The monoisotopic (exact) mass is 365 g/mol. The minimum Gasteiger partial charge on any atom is -0.492 e. The SMILES string of the molecule is CCOc1cc2c(cc1N[C@@H](C)C(=O)Nc1ccc(C#N)cc1)O[C@@H](C)C2. The van der Waals surface area contributed by atoms with Gasteiger partial charge in [0.05, 0.1) is 23.9 Å². The van der Waals surface area contributed by atoms with Gasteiger partial charge in [0.25, 0.3) is 0 Å². The zero-order valence-electron chi connectivity index (χ0n) is 15.7. The molecule has 3 rings (SSSR count). The molecule has 0 unspecified atom stereocenters. The van der Waals surface area contributed by atoms with Crippen molar-refractivity contribution in [1.82, 2.24) is 0 Å². The van der Waals surface area contributed by atoms with Crippen molar-refractivity contribution in [1.29, 1.82) is 5.26 Å². The van der Waals surface area contributed by atoms with E-state index in [9.17, 15) is 4.79 Å². The lowest BCUT2D eigenvalue weighted by atomic mass is 10.1. The van der Waals surface area contributed by atoms with Gasteiger partial charge in [-0.3, -0.25) is 4.79 Å². The molecular formula is C21H23N3O3. The normalized spacial score (nSPS) is 15.9. The Bertz CT molecular complexity index is 871. The van der Waals surface area contributed by atoms with Gasteiger partial charge in [0.15, 0.2) is 0 Å². The molecule has 0 saturated carbocycles. The maximum absolute atomic E-state index is 12.5. The van der Waals surface area contributed by atoms with Gasteiger partial charge in [-0.05, 0) is 51.1 Å². The molecule has 0 saturated heterocycles. The highest BCUT2D eigenvalue weighted by Gasteiger charge is 2.23. The molecule has 2 atom stereocenters. The summed E-state index contributed by atoms with van der Waals surface area (Å²) in [5, 5.41) is 14.9. The van der Waals surface area contributed by atoms with Gasteiger partial charge in [0.1, 0.15) is 23.6 Å². The number of carbonyl (C=O) groups is 1. The molecule has 0 aliphatic carbocycles. The van der Waals surface area contributed by atoms with Gasteiger partial charge in [-0.15, -0.1) is 0 Å². The summed E-state index contributed by atoms with van der Waals surface area (Å²) in [6.45, 7) is 6.28. The molecule has 140 valence electrons. The summed E-state index contributed by atoms with van der Waals surface area (Å²) in [6.07, 6.45) is 0.992. The molecule has 2 N–H and O–H groups in total. The van der Waals surface area contributed by atoms with E-state index in [4.69, 9.17) is 14.7 Å². The highest BCUT2D eigenvalue weighted by molar-refractivity contribution is 5.96. The number of carbonyl (C=O) groups excluding carboxylic acids is 1. The molecule has 1 aliphatic rings. The number of amides is 1. The molecular weight excluding hydrogens is 342 g/mol. The molecule has 0 aromatic heterocycles. The molecule has 6 nitrogen and oxygen atoms in total. The molecule has 0 fully saturated rings. The van der Waals surface area contributed by atoms with Crippen LogP contribution in [0.1, 0.15) is 31.9 Å². The number of ether oxygens (including phenoxy) is 2. The summed E-state index contributed by atoms with van der Waals surface area (Å²) in [7, 11) is 0. The highest BCUT2D eigenvalue weighted by Crippen LogP contribution is 2.38. The fraction of sp³-hybridized carbons (Fsp3) is 0.333. The van der Waals surface area contributed by atoms with Gasteiger partial charge in [-0.25, -0.2) is 0 Å². The lowest BCUT2D eigenvalue weighted by molar-refractivity contribution is -0.116. The van der Waals surface area contributed by atoms with E-state index in [1.165, 1.54) is 0 Å². The van der Waals surface area contributed by atoms with Crippen molar-refractivity contribution in [3.05, 3.63) is 47.5 Å². The average molecular weight is 365 g/mol. The van der Waals surface area contributed by atoms with Crippen LogP contribution in [0.25, 0.3) is 0 Å². The summed E-state index contributed by atoms with van der Waals surface area (Å²) in [4.78, 5) is 12.5.